The number of hydrogen-bond donors (Lipinski definition) is 2. The van der Waals surface area contributed by atoms with Crippen LogP contribution >= 0.6 is 11.3 Å². The summed E-state index contributed by atoms with van der Waals surface area (Å²) in [7, 11) is 0. The smallest absolute Gasteiger partial charge is 0.348 e. The number of aromatic carboxylic acids is 1. The van der Waals surface area contributed by atoms with E-state index in [1.807, 2.05) is 0 Å². The zero-order valence-electron chi connectivity index (χ0n) is 14.7. The van der Waals surface area contributed by atoms with Crippen LogP contribution in [0.15, 0.2) is 11.4 Å². The number of aliphatic hydroxyl groups excluding tert-OH is 1. The Morgan fingerprint density at radius 2 is 1.72 bits per heavy atom. The predicted molar refractivity (Wildman–Crippen MR) is 98.1 cm³/mol. The first-order valence-corrected chi connectivity index (χ1v) is 10.2. The monoisotopic (exact) mass is 365 g/mol. The lowest BCUT2D eigenvalue weighted by molar-refractivity contribution is -0.124. The average molecular weight is 365 g/mol. The lowest BCUT2D eigenvalue weighted by Gasteiger charge is -2.38. The summed E-state index contributed by atoms with van der Waals surface area (Å²) in [6.45, 7) is 2.22. The molecule has 0 radical (unpaired) electrons. The fraction of sp³-hybridized carbons (Fsp3) is 0.684. The third-order valence-electron chi connectivity index (χ3n) is 5.73. The van der Waals surface area contributed by atoms with Crippen LogP contribution in [0.5, 0.6) is 0 Å². The SMILES string of the molecule is C[C@H]1CC[C@H](C(=O)N(c2ccsc2C(=O)O)[C@H]2CC[C@H](O)CC2)CC1. The Hall–Kier alpha value is -1.40. The zero-order valence-corrected chi connectivity index (χ0v) is 15.5. The van der Waals surface area contributed by atoms with Crippen molar-refractivity contribution >= 4 is 28.9 Å². The molecular weight excluding hydrogens is 338 g/mol. The van der Waals surface area contributed by atoms with Crippen LogP contribution in [0.1, 0.15) is 68.0 Å². The number of carbonyl (C=O) groups excluding carboxylic acids is 1. The molecule has 1 amide bonds. The lowest BCUT2D eigenvalue weighted by atomic mass is 9.81. The number of hydrogen-bond acceptors (Lipinski definition) is 4. The topological polar surface area (TPSA) is 77.8 Å². The minimum atomic E-state index is -0.976. The van der Waals surface area contributed by atoms with E-state index in [0.717, 1.165) is 38.5 Å². The van der Waals surface area contributed by atoms with E-state index in [2.05, 4.69) is 6.92 Å². The summed E-state index contributed by atoms with van der Waals surface area (Å²) in [5, 5.41) is 21.1. The number of carboxylic acid groups (broad SMARTS) is 1. The third-order valence-corrected chi connectivity index (χ3v) is 6.62. The molecule has 0 aliphatic heterocycles. The molecule has 0 atom stereocenters. The van der Waals surface area contributed by atoms with Crippen molar-refractivity contribution in [2.75, 3.05) is 4.90 Å². The molecule has 0 spiro atoms. The van der Waals surface area contributed by atoms with Crippen molar-refractivity contribution in [2.45, 2.75) is 70.4 Å². The Labute approximate surface area is 152 Å². The molecule has 5 nitrogen and oxygen atoms in total. The van der Waals surface area contributed by atoms with Crippen LogP contribution in [-0.2, 0) is 4.79 Å². The average Bonchev–Trinajstić information content (AvgIpc) is 3.07. The molecule has 0 bridgehead atoms. The number of anilines is 1. The maximum Gasteiger partial charge on any atom is 0.348 e. The molecule has 0 aromatic carbocycles. The Morgan fingerprint density at radius 1 is 1.08 bits per heavy atom. The number of carboxylic acids is 1. The number of thiophene rings is 1. The van der Waals surface area contributed by atoms with Crippen LogP contribution in [0.2, 0.25) is 0 Å². The van der Waals surface area contributed by atoms with Crippen LogP contribution in [0.25, 0.3) is 0 Å². The molecule has 2 saturated carbocycles. The first-order chi connectivity index (χ1) is 12.0. The van der Waals surface area contributed by atoms with Crippen molar-refractivity contribution in [3.05, 3.63) is 16.3 Å². The summed E-state index contributed by atoms with van der Waals surface area (Å²) >= 11 is 1.17. The van der Waals surface area contributed by atoms with E-state index >= 15 is 0 Å². The van der Waals surface area contributed by atoms with Gasteiger partial charge in [0.2, 0.25) is 5.91 Å². The summed E-state index contributed by atoms with van der Waals surface area (Å²) in [4.78, 5) is 26.9. The normalized spacial score (nSPS) is 30.0. The van der Waals surface area contributed by atoms with Gasteiger partial charge in [0.25, 0.3) is 0 Å². The van der Waals surface area contributed by atoms with Gasteiger partial charge in [-0.3, -0.25) is 4.79 Å². The fourth-order valence-electron chi connectivity index (χ4n) is 4.17. The fourth-order valence-corrected chi connectivity index (χ4v) is 4.89. The van der Waals surface area contributed by atoms with Gasteiger partial charge in [-0.15, -0.1) is 11.3 Å². The van der Waals surface area contributed by atoms with Gasteiger partial charge in [-0.25, -0.2) is 4.79 Å². The standard InChI is InChI=1S/C19H27NO4S/c1-12-2-4-13(5-3-12)18(22)20(14-6-8-15(21)9-7-14)16-10-11-25-17(16)19(23)24/h10-15,21H,2-9H2,1H3,(H,23,24)/t12-,13-,14-,15-. The number of amides is 1. The zero-order chi connectivity index (χ0) is 18.0. The van der Waals surface area contributed by atoms with Gasteiger partial charge in [-0.2, -0.15) is 0 Å². The molecule has 6 heteroatoms. The second kappa shape index (κ2) is 7.87. The van der Waals surface area contributed by atoms with E-state index in [0.29, 0.717) is 24.4 Å². The first-order valence-electron chi connectivity index (χ1n) is 9.29. The minimum absolute atomic E-state index is 0.00963. The van der Waals surface area contributed by atoms with Gasteiger partial charge in [0.1, 0.15) is 4.88 Å². The molecule has 25 heavy (non-hydrogen) atoms. The number of rotatable bonds is 4. The van der Waals surface area contributed by atoms with E-state index in [-0.39, 0.29) is 28.8 Å². The second-order valence-corrected chi connectivity index (χ2v) is 8.48. The Morgan fingerprint density at radius 3 is 2.32 bits per heavy atom. The Balaban J connectivity index is 1.87. The number of nitrogens with zero attached hydrogens (tertiary/aromatic N) is 1. The van der Waals surface area contributed by atoms with E-state index in [4.69, 9.17) is 0 Å². The molecule has 3 rings (SSSR count). The highest BCUT2D eigenvalue weighted by molar-refractivity contribution is 7.12. The molecule has 2 fully saturated rings. The molecule has 1 heterocycles. The maximum absolute atomic E-state index is 13.3. The summed E-state index contributed by atoms with van der Waals surface area (Å²) < 4.78 is 0. The van der Waals surface area contributed by atoms with Gasteiger partial charge in [0.05, 0.1) is 11.8 Å². The molecule has 0 saturated heterocycles. The summed E-state index contributed by atoms with van der Waals surface area (Å²) in [6, 6.07) is 1.76. The molecule has 0 unspecified atom stereocenters. The molecule has 1 aromatic heterocycles. The summed E-state index contributed by atoms with van der Waals surface area (Å²) in [5.74, 6) is -0.243. The van der Waals surface area contributed by atoms with Gasteiger partial charge in [0.15, 0.2) is 0 Å². The second-order valence-electron chi connectivity index (χ2n) is 7.57. The van der Waals surface area contributed by atoms with Crippen molar-refractivity contribution < 1.29 is 19.8 Å². The number of aliphatic hydroxyl groups is 1. The van der Waals surface area contributed by atoms with Crippen molar-refractivity contribution in [3.8, 4) is 0 Å². The highest BCUT2D eigenvalue weighted by Crippen LogP contribution is 2.37. The molecule has 2 aliphatic rings. The van der Waals surface area contributed by atoms with Crippen molar-refractivity contribution in [2.24, 2.45) is 11.8 Å². The van der Waals surface area contributed by atoms with Crippen LogP contribution in [-0.4, -0.2) is 34.2 Å². The van der Waals surface area contributed by atoms with Gasteiger partial charge >= 0.3 is 5.97 Å². The van der Waals surface area contributed by atoms with Gasteiger partial charge in [-0.05, 0) is 68.7 Å². The van der Waals surface area contributed by atoms with Crippen LogP contribution in [0.4, 0.5) is 5.69 Å². The Kier molecular flexibility index (Phi) is 5.79. The molecule has 2 aliphatic carbocycles. The molecular formula is C19H27NO4S. The van der Waals surface area contributed by atoms with Crippen molar-refractivity contribution in [1.29, 1.82) is 0 Å². The van der Waals surface area contributed by atoms with Crippen LogP contribution in [0.3, 0.4) is 0 Å². The highest BCUT2D eigenvalue weighted by Gasteiger charge is 2.36. The predicted octanol–water partition coefficient (Wildman–Crippen LogP) is 3.91. The number of carbonyl (C=O) groups is 2. The van der Waals surface area contributed by atoms with Gasteiger partial charge in [-0.1, -0.05) is 6.92 Å². The largest absolute Gasteiger partial charge is 0.477 e. The van der Waals surface area contributed by atoms with E-state index in [9.17, 15) is 19.8 Å². The van der Waals surface area contributed by atoms with E-state index < -0.39 is 5.97 Å². The van der Waals surface area contributed by atoms with E-state index in [1.165, 1.54) is 11.3 Å². The van der Waals surface area contributed by atoms with Crippen LogP contribution < -0.4 is 4.90 Å². The molecule has 2 N–H and O–H groups in total. The maximum atomic E-state index is 13.3. The minimum Gasteiger partial charge on any atom is -0.477 e. The lowest BCUT2D eigenvalue weighted by Crippen LogP contribution is -2.47. The first kappa shape index (κ1) is 18.4. The quantitative estimate of drug-likeness (QED) is 0.848. The van der Waals surface area contributed by atoms with Crippen molar-refractivity contribution in [1.82, 2.24) is 0 Å². The van der Waals surface area contributed by atoms with E-state index in [1.54, 1.807) is 16.3 Å². The van der Waals surface area contributed by atoms with Crippen LogP contribution in [0, 0.1) is 11.8 Å². The molecule has 138 valence electrons. The Bertz CT molecular complexity index is 613. The highest BCUT2D eigenvalue weighted by atomic mass is 32.1. The summed E-state index contributed by atoms with van der Waals surface area (Å²) in [5.41, 5.74) is 0.544. The van der Waals surface area contributed by atoms with Crippen molar-refractivity contribution in [3.63, 3.8) is 0 Å². The third kappa shape index (κ3) is 4.06. The van der Waals surface area contributed by atoms with Gasteiger partial charge in [0, 0.05) is 12.0 Å². The summed E-state index contributed by atoms with van der Waals surface area (Å²) in [6.07, 6.45) is 6.38. The molecule has 1 aromatic rings. The van der Waals surface area contributed by atoms with Gasteiger partial charge < -0.3 is 15.1 Å².